The molecular formula is C15H27F3N4O2S. The average Bonchev–Trinajstić information content (AvgIpc) is 3.28. The minimum absolute atomic E-state index is 0.0958. The molecule has 0 radical (unpaired) electrons. The van der Waals surface area contributed by atoms with Gasteiger partial charge in [0.05, 0.1) is 0 Å². The van der Waals surface area contributed by atoms with Crippen LogP contribution < -0.4 is 10.6 Å². The molecule has 25 heavy (non-hydrogen) atoms. The van der Waals surface area contributed by atoms with Crippen LogP contribution in [0.15, 0.2) is 4.99 Å². The SMILES string of the molecule is CCCC1CC1NC(=NC)NCC1CCN(S(=O)(=O)C(F)(F)F)CC1. The fourth-order valence-corrected chi connectivity index (χ4v) is 4.21. The first-order valence-corrected chi connectivity index (χ1v) is 10.2. The Morgan fingerprint density at radius 2 is 1.92 bits per heavy atom. The summed E-state index contributed by atoms with van der Waals surface area (Å²) in [6.45, 7) is 2.54. The van der Waals surface area contributed by atoms with Gasteiger partial charge >= 0.3 is 15.5 Å². The van der Waals surface area contributed by atoms with Gasteiger partial charge in [0, 0.05) is 32.7 Å². The predicted molar refractivity (Wildman–Crippen MR) is 90.6 cm³/mol. The third-order valence-corrected chi connectivity index (χ3v) is 6.52. The van der Waals surface area contributed by atoms with E-state index < -0.39 is 15.5 Å². The van der Waals surface area contributed by atoms with Crippen LogP contribution in [0.4, 0.5) is 13.2 Å². The van der Waals surface area contributed by atoms with Crippen LogP contribution in [0, 0.1) is 11.8 Å². The summed E-state index contributed by atoms with van der Waals surface area (Å²) in [6, 6.07) is 0.449. The number of alkyl halides is 3. The van der Waals surface area contributed by atoms with Gasteiger partial charge in [-0.3, -0.25) is 4.99 Å². The van der Waals surface area contributed by atoms with Gasteiger partial charge in [-0.1, -0.05) is 13.3 Å². The highest BCUT2D eigenvalue weighted by atomic mass is 32.2. The number of sulfonamides is 1. The lowest BCUT2D eigenvalue weighted by Gasteiger charge is -2.31. The molecule has 146 valence electrons. The zero-order chi connectivity index (χ0) is 18.7. The molecule has 10 heteroatoms. The zero-order valence-electron chi connectivity index (χ0n) is 14.6. The van der Waals surface area contributed by atoms with Crippen LogP contribution in [0.25, 0.3) is 0 Å². The number of nitrogens with zero attached hydrogens (tertiary/aromatic N) is 2. The van der Waals surface area contributed by atoms with Crippen molar-refractivity contribution < 1.29 is 21.6 Å². The van der Waals surface area contributed by atoms with E-state index in [0.29, 0.717) is 41.6 Å². The van der Waals surface area contributed by atoms with E-state index in [4.69, 9.17) is 0 Å². The van der Waals surface area contributed by atoms with Gasteiger partial charge in [0.2, 0.25) is 0 Å². The van der Waals surface area contributed by atoms with Gasteiger partial charge < -0.3 is 10.6 Å². The lowest BCUT2D eigenvalue weighted by molar-refractivity contribution is -0.0496. The molecule has 0 spiro atoms. The van der Waals surface area contributed by atoms with Gasteiger partial charge in [-0.25, -0.2) is 8.42 Å². The van der Waals surface area contributed by atoms with Gasteiger partial charge in [-0.2, -0.15) is 17.5 Å². The number of hydrogen-bond donors (Lipinski definition) is 2. The molecule has 6 nitrogen and oxygen atoms in total. The Hall–Kier alpha value is -1.03. The molecule has 1 aliphatic carbocycles. The summed E-state index contributed by atoms with van der Waals surface area (Å²) in [7, 11) is -3.52. The topological polar surface area (TPSA) is 73.8 Å². The minimum Gasteiger partial charge on any atom is -0.356 e. The van der Waals surface area contributed by atoms with Crippen molar-refractivity contribution in [3.8, 4) is 0 Å². The molecule has 2 unspecified atom stereocenters. The molecule has 2 atom stereocenters. The molecule has 0 aromatic carbocycles. The lowest BCUT2D eigenvalue weighted by atomic mass is 9.98. The number of piperidine rings is 1. The quantitative estimate of drug-likeness (QED) is 0.542. The van der Waals surface area contributed by atoms with E-state index >= 15 is 0 Å². The first-order valence-electron chi connectivity index (χ1n) is 8.72. The number of aliphatic imine (C=N–C) groups is 1. The predicted octanol–water partition coefficient (Wildman–Crippen LogP) is 1.90. The number of rotatable bonds is 6. The Morgan fingerprint density at radius 1 is 1.28 bits per heavy atom. The monoisotopic (exact) mass is 384 g/mol. The molecular weight excluding hydrogens is 357 g/mol. The van der Waals surface area contributed by atoms with Gasteiger partial charge in [-0.05, 0) is 37.5 Å². The smallest absolute Gasteiger partial charge is 0.356 e. The fraction of sp³-hybridized carbons (Fsp3) is 0.933. The van der Waals surface area contributed by atoms with Crippen LogP contribution in [0.1, 0.15) is 39.0 Å². The van der Waals surface area contributed by atoms with Crippen molar-refractivity contribution >= 4 is 16.0 Å². The zero-order valence-corrected chi connectivity index (χ0v) is 15.5. The molecule has 2 N–H and O–H groups in total. The summed E-state index contributed by atoms with van der Waals surface area (Å²) < 4.78 is 61.0. The van der Waals surface area contributed by atoms with E-state index in [-0.39, 0.29) is 19.0 Å². The second-order valence-corrected chi connectivity index (χ2v) is 8.71. The minimum atomic E-state index is -5.22. The Balaban J connectivity index is 1.73. The number of nitrogens with one attached hydrogen (secondary N) is 2. The van der Waals surface area contributed by atoms with Gasteiger partial charge in [0.15, 0.2) is 5.96 Å². The molecule has 1 heterocycles. The van der Waals surface area contributed by atoms with Crippen LogP contribution >= 0.6 is 0 Å². The van der Waals surface area contributed by atoms with Crippen LogP contribution in [0.5, 0.6) is 0 Å². The Bertz CT molecular complexity index is 572. The molecule has 0 bridgehead atoms. The maximum absolute atomic E-state index is 12.6. The van der Waals surface area contributed by atoms with Crippen molar-refractivity contribution in [1.29, 1.82) is 0 Å². The van der Waals surface area contributed by atoms with Crippen LogP contribution in [0.3, 0.4) is 0 Å². The Labute approximate surface area is 147 Å². The second kappa shape index (κ2) is 8.11. The maximum Gasteiger partial charge on any atom is 0.511 e. The normalized spacial score (nSPS) is 26.5. The molecule has 0 amide bonds. The third-order valence-electron chi connectivity index (χ3n) is 4.89. The molecule has 2 fully saturated rings. The van der Waals surface area contributed by atoms with Crippen molar-refractivity contribution in [3.63, 3.8) is 0 Å². The summed E-state index contributed by atoms with van der Waals surface area (Å²) >= 11 is 0. The van der Waals surface area contributed by atoms with E-state index in [2.05, 4.69) is 22.5 Å². The molecule has 2 aliphatic rings. The molecule has 2 rings (SSSR count). The number of guanidine groups is 1. The first kappa shape index (κ1) is 20.3. The van der Waals surface area contributed by atoms with E-state index in [1.807, 2.05) is 0 Å². The van der Waals surface area contributed by atoms with Gasteiger partial charge in [0.1, 0.15) is 0 Å². The summed E-state index contributed by atoms with van der Waals surface area (Å²) in [4.78, 5) is 4.17. The van der Waals surface area contributed by atoms with E-state index in [1.165, 1.54) is 6.42 Å². The molecule has 0 aromatic heterocycles. The highest BCUT2D eigenvalue weighted by Gasteiger charge is 2.50. The van der Waals surface area contributed by atoms with Crippen molar-refractivity contribution in [3.05, 3.63) is 0 Å². The summed E-state index contributed by atoms with van der Waals surface area (Å²) in [5.41, 5.74) is -5.22. The summed E-state index contributed by atoms with van der Waals surface area (Å²) in [5, 5.41) is 6.56. The number of halogens is 3. The third kappa shape index (κ3) is 5.22. The summed E-state index contributed by atoms with van der Waals surface area (Å²) in [6.07, 6.45) is 4.31. The first-order chi connectivity index (χ1) is 11.7. The van der Waals surface area contributed by atoms with E-state index in [9.17, 15) is 21.6 Å². The molecule has 0 aromatic rings. The largest absolute Gasteiger partial charge is 0.511 e. The van der Waals surface area contributed by atoms with Crippen molar-refractivity contribution in [2.24, 2.45) is 16.8 Å². The van der Waals surface area contributed by atoms with E-state index in [0.717, 1.165) is 12.8 Å². The van der Waals surface area contributed by atoms with E-state index in [1.54, 1.807) is 7.05 Å². The van der Waals surface area contributed by atoms with Crippen molar-refractivity contribution in [1.82, 2.24) is 14.9 Å². The molecule has 1 aliphatic heterocycles. The highest BCUT2D eigenvalue weighted by Crippen LogP contribution is 2.34. The summed E-state index contributed by atoms with van der Waals surface area (Å²) in [5.74, 6) is 1.53. The Kier molecular flexibility index (Phi) is 6.58. The fourth-order valence-electron chi connectivity index (χ4n) is 3.23. The van der Waals surface area contributed by atoms with Crippen LogP contribution in [-0.4, -0.2) is 56.9 Å². The average molecular weight is 384 g/mol. The molecule has 1 saturated heterocycles. The van der Waals surface area contributed by atoms with Crippen molar-refractivity contribution in [2.75, 3.05) is 26.7 Å². The standard InChI is InChI=1S/C15H27F3N4O2S/c1-3-4-12-9-13(12)21-14(19-2)20-10-11-5-7-22(8-6-11)25(23,24)15(16,17)18/h11-13H,3-10H2,1-2H3,(H2,19,20,21). The van der Waals surface area contributed by atoms with Crippen LogP contribution in [0.2, 0.25) is 0 Å². The maximum atomic E-state index is 12.6. The van der Waals surface area contributed by atoms with Gasteiger partial charge in [-0.15, -0.1) is 0 Å². The molecule has 1 saturated carbocycles. The second-order valence-electron chi connectivity index (χ2n) is 6.78. The highest BCUT2D eigenvalue weighted by molar-refractivity contribution is 7.90. The van der Waals surface area contributed by atoms with Crippen LogP contribution in [-0.2, 0) is 10.0 Å². The van der Waals surface area contributed by atoms with Gasteiger partial charge in [0.25, 0.3) is 0 Å². The lowest BCUT2D eigenvalue weighted by Crippen LogP contribution is -2.47. The number of hydrogen-bond acceptors (Lipinski definition) is 3. The Morgan fingerprint density at radius 3 is 2.44 bits per heavy atom. The van der Waals surface area contributed by atoms with Crippen molar-refractivity contribution in [2.45, 2.75) is 50.6 Å².